The summed E-state index contributed by atoms with van der Waals surface area (Å²) in [5.41, 5.74) is 2.34. The fourth-order valence-corrected chi connectivity index (χ4v) is 2.31. The lowest BCUT2D eigenvalue weighted by molar-refractivity contribution is 0.108. The Labute approximate surface area is 121 Å². The van der Waals surface area contributed by atoms with Crippen LogP contribution in [0.25, 0.3) is 0 Å². The maximum atomic E-state index is 11.3. The van der Waals surface area contributed by atoms with E-state index in [1.54, 1.807) is 6.07 Å². The van der Waals surface area contributed by atoms with Crippen LogP contribution in [0.15, 0.2) is 36.4 Å². The molecule has 1 N–H and O–H groups in total. The van der Waals surface area contributed by atoms with Crippen molar-refractivity contribution in [2.24, 2.45) is 0 Å². The summed E-state index contributed by atoms with van der Waals surface area (Å²) < 4.78 is 0. The Kier molecular flexibility index (Phi) is 4.51. The van der Waals surface area contributed by atoms with Crippen molar-refractivity contribution >= 4 is 25.1 Å². The van der Waals surface area contributed by atoms with Crippen LogP contribution in [0.3, 0.4) is 0 Å². The second-order valence-corrected chi connectivity index (χ2v) is 4.53. The number of nitrogens with one attached hydrogen (secondary N) is 1. The number of hydrogen-bond acceptors (Lipinski definition) is 4. The van der Waals surface area contributed by atoms with Gasteiger partial charge in [-0.05, 0) is 23.6 Å². The maximum Gasteiger partial charge on any atom is 0.151 e. The zero-order chi connectivity index (χ0) is 15.2. The number of benzene rings is 2. The molecule has 2 rings (SSSR count). The van der Waals surface area contributed by atoms with Crippen molar-refractivity contribution in [3.63, 3.8) is 0 Å². The average molecular weight is 279 g/mol. The Morgan fingerprint density at radius 3 is 2.05 bits per heavy atom. The highest BCUT2D eigenvalue weighted by molar-refractivity contribution is 6.04. The van der Waals surface area contributed by atoms with Gasteiger partial charge in [0.05, 0.1) is 0 Å². The number of carbonyl (C=O) groups is 3. The highest BCUT2D eigenvalue weighted by Gasteiger charge is 2.16. The molecular formula is C17H13NO3. The molecule has 0 saturated carbocycles. The van der Waals surface area contributed by atoms with Crippen LogP contribution in [0, 0.1) is 5.41 Å². The first-order valence-corrected chi connectivity index (χ1v) is 6.35. The monoisotopic (exact) mass is 279 g/mol. The molecule has 0 radical (unpaired) electrons. The molecule has 2 aromatic rings. The predicted molar refractivity (Wildman–Crippen MR) is 79.7 cm³/mol. The van der Waals surface area contributed by atoms with Gasteiger partial charge in [0.25, 0.3) is 0 Å². The summed E-state index contributed by atoms with van der Waals surface area (Å²) in [5, 5.41) is 7.51. The van der Waals surface area contributed by atoms with Crippen molar-refractivity contribution < 1.29 is 14.4 Å². The zero-order valence-corrected chi connectivity index (χ0v) is 11.2. The van der Waals surface area contributed by atoms with Crippen LogP contribution in [-0.2, 0) is 6.42 Å². The lowest BCUT2D eigenvalue weighted by atomic mass is 9.90. The smallest absolute Gasteiger partial charge is 0.151 e. The molecule has 0 amide bonds. The lowest BCUT2D eigenvalue weighted by Crippen LogP contribution is -2.07. The molecule has 0 aliphatic carbocycles. The number of carbonyl (C=O) groups excluding carboxylic acids is 3. The molecule has 0 bridgehead atoms. The molecule has 2 aromatic carbocycles. The molecule has 21 heavy (non-hydrogen) atoms. The molecule has 0 aromatic heterocycles. The van der Waals surface area contributed by atoms with E-state index in [9.17, 15) is 14.4 Å². The SMILES string of the molecule is N=Cc1c(Cc2ccccc2)cc(C=O)c(C=O)c1C=O. The summed E-state index contributed by atoms with van der Waals surface area (Å²) in [6.07, 6.45) is 3.08. The van der Waals surface area contributed by atoms with Crippen molar-refractivity contribution in [2.45, 2.75) is 6.42 Å². The van der Waals surface area contributed by atoms with E-state index < -0.39 is 0 Å². The van der Waals surface area contributed by atoms with Gasteiger partial charge in [0.1, 0.15) is 0 Å². The first-order chi connectivity index (χ1) is 10.2. The summed E-state index contributed by atoms with van der Waals surface area (Å²) in [6.45, 7) is 0. The van der Waals surface area contributed by atoms with Gasteiger partial charge in [-0.25, -0.2) is 0 Å². The Morgan fingerprint density at radius 1 is 0.857 bits per heavy atom. The normalized spacial score (nSPS) is 9.90. The minimum absolute atomic E-state index is 0.0373. The molecule has 0 saturated heterocycles. The predicted octanol–water partition coefficient (Wildman–Crippen LogP) is 2.71. The molecule has 104 valence electrons. The second kappa shape index (κ2) is 6.52. The molecular weight excluding hydrogens is 266 g/mol. The van der Waals surface area contributed by atoms with Crippen LogP contribution in [0.2, 0.25) is 0 Å². The lowest BCUT2D eigenvalue weighted by Gasteiger charge is -2.12. The van der Waals surface area contributed by atoms with Gasteiger partial charge in [-0.15, -0.1) is 0 Å². The van der Waals surface area contributed by atoms with E-state index in [4.69, 9.17) is 5.41 Å². The van der Waals surface area contributed by atoms with E-state index in [0.29, 0.717) is 36.4 Å². The fraction of sp³-hybridized carbons (Fsp3) is 0.0588. The first kappa shape index (κ1) is 14.5. The van der Waals surface area contributed by atoms with Gasteiger partial charge < -0.3 is 5.41 Å². The third kappa shape index (κ3) is 2.84. The second-order valence-electron chi connectivity index (χ2n) is 4.53. The van der Waals surface area contributed by atoms with Gasteiger partial charge in [-0.1, -0.05) is 30.3 Å². The van der Waals surface area contributed by atoms with E-state index in [0.717, 1.165) is 11.8 Å². The highest BCUT2D eigenvalue weighted by Crippen LogP contribution is 2.22. The summed E-state index contributed by atoms with van der Waals surface area (Å²) in [6, 6.07) is 11.1. The molecule has 0 atom stereocenters. The molecule has 0 spiro atoms. The minimum Gasteiger partial charge on any atom is -0.308 e. The molecule has 0 unspecified atom stereocenters. The standard InChI is InChI=1S/C17H13NO3/c18-8-15-13(6-12-4-2-1-3-5-12)7-14(9-19)16(10-20)17(15)11-21/h1-5,7-11,18H,6H2. The van der Waals surface area contributed by atoms with Crippen molar-refractivity contribution in [2.75, 3.05) is 0 Å². The summed E-state index contributed by atoms with van der Waals surface area (Å²) in [7, 11) is 0. The van der Waals surface area contributed by atoms with Crippen molar-refractivity contribution in [3.8, 4) is 0 Å². The van der Waals surface area contributed by atoms with E-state index in [2.05, 4.69) is 0 Å². The summed E-state index contributed by atoms with van der Waals surface area (Å²) in [5.74, 6) is 0. The van der Waals surface area contributed by atoms with Crippen LogP contribution in [0.1, 0.15) is 47.8 Å². The topological polar surface area (TPSA) is 75.1 Å². The Hall–Kier alpha value is -2.88. The summed E-state index contributed by atoms with van der Waals surface area (Å²) >= 11 is 0. The van der Waals surface area contributed by atoms with Gasteiger partial charge in [-0.2, -0.15) is 0 Å². The Balaban J connectivity index is 2.65. The summed E-state index contributed by atoms with van der Waals surface area (Å²) in [4.78, 5) is 33.5. The maximum absolute atomic E-state index is 11.3. The van der Waals surface area contributed by atoms with Gasteiger partial charge >= 0.3 is 0 Å². The molecule has 4 heteroatoms. The number of rotatable bonds is 6. The van der Waals surface area contributed by atoms with Gasteiger partial charge in [-0.3, -0.25) is 14.4 Å². The number of aldehydes is 3. The highest BCUT2D eigenvalue weighted by atomic mass is 16.1. The quantitative estimate of drug-likeness (QED) is 0.652. The van der Waals surface area contributed by atoms with E-state index >= 15 is 0 Å². The van der Waals surface area contributed by atoms with Crippen LogP contribution in [-0.4, -0.2) is 25.1 Å². The largest absolute Gasteiger partial charge is 0.308 e. The van der Waals surface area contributed by atoms with Gasteiger partial charge in [0, 0.05) is 28.5 Å². The van der Waals surface area contributed by atoms with Crippen molar-refractivity contribution in [1.82, 2.24) is 0 Å². The Morgan fingerprint density at radius 2 is 1.52 bits per heavy atom. The zero-order valence-electron chi connectivity index (χ0n) is 11.2. The van der Waals surface area contributed by atoms with E-state index in [-0.39, 0.29) is 16.7 Å². The van der Waals surface area contributed by atoms with Crippen LogP contribution in [0.4, 0.5) is 0 Å². The van der Waals surface area contributed by atoms with Gasteiger partial charge in [0.2, 0.25) is 0 Å². The molecule has 0 aliphatic heterocycles. The van der Waals surface area contributed by atoms with Crippen LogP contribution < -0.4 is 0 Å². The van der Waals surface area contributed by atoms with Crippen molar-refractivity contribution in [1.29, 1.82) is 5.41 Å². The van der Waals surface area contributed by atoms with Crippen LogP contribution >= 0.6 is 0 Å². The average Bonchev–Trinajstić information content (AvgIpc) is 2.54. The third-order valence-electron chi connectivity index (χ3n) is 3.31. The fourth-order valence-electron chi connectivity index (χ4n) is 2.31. The molecule has 0 fully saturated rings. The van der Waals surface area contributed by atoms with Crippen molar-refractivity contribution in [3.05, 3.63) is 69.8 Å². The third-order valence-corrected chi connectivity index (χ3v) is 3.31. The van der Waals surface area contributed by atoms with Crippen LogP contribution in [0.5, 0.6) is 0 Å². The number of hydrogen-bond donors (Lipinski definition) is 1. The molecule has 4 nitrogen and oxygen atoms in total. The van der Waals surface area contributed by atoms with E-state index in [1.165, 1.54) is 0 Å². The van der Waals surface area contributed by atoms with E-state index in [1.807, 2.05) is 30.3 Å². The molecule has 0 heterocycles. The minimum atomic E-state index is 0.0373. The van der Waals surface area contributed by atoms with Gasteiger partial charge in [0.15, 0.2) is 18.9 Å². The molecule has 0 aliphatic rings. The first-order valence-electron chi connectivity index (χ1n) is 6.35. The Bertz CT molecular complexity index is 706.